The predicted octanol–water partition coefficient (Wildman–Crippen LogP) is 5.64. The molecule has 5 rings (SSSR count). The number of rotatable bonds is 3. The Hall–Kier alpha value is -2.54. The number of piperazine rings is 1. The fraction of sp³-hybridized carbons (Fsp3) is 0.217. The lowest BCUT2D eigenvalue weighted by atomic mass is 10.2. The van der Waals surface area contributed by atoms with Gasteiger partial charge in [0, 0.05) is 43.6 Å². The first-order chi connectivity index (χ1) is 15.0. The summed E-state index contributed by atoms with van der Waals surface area (Å²) in [7, 11) is 0. The number of hydrogen-bond donors (Lipinski definition) is 0. The molecule has 5 nitrogen and oxygen atoms in total. The van der Waals surface area contributed by atoms with E-state index in [-0.39, 0.29) is 5.91 Å². The molecule has 31 heavy (non-hydrogen) atoms. The number of carbonyl (C=O) groups is 1. The van der Waals surface area contributed by atoms with E-state index in [9.17, 15) is 4.79 Å². The van der Waals surface area contributed by atoms with Crippen LogP contribution in [0.2, 0.25) is 10.0 Å². The fourth-order valence-corrected chi connectivity index (χ4v) is 5.42. The Balaban J connectivity index is 1.33. The van der Waals surface area contributed by atoms with Gasteiger partial charge in [0.15, 0.2) is 4.96 Å². The predicted molar refractivity (Wildman–Crippen MR) is 128 cm³/mol. The number of carbonyl (C=O) groups excluding carboxylic acids is 1. The third kappa shape index (κ3) is 3.69. The van der Waals surface area contributed by atoms with Gasteiger partial charge in [0.1, 0.15) is 4.88 Å². The number of benzene rings is 2. The second-order valence-electron chi connectivity index (χ2n) is 7.51. The molecule has 0 saturated carbocycles. The summed E-state index contributed by atoms with van der Waals surface area (Å²) in [5.74, 6) is 0.0612. The highest BCUT2D eigenvalue weighted by atomic mass is 35.5. The van der Waals surface area contributed by atoms with Crippen molar-refractivity contribution in [3.05, 3.63) is 75.3 Å². The monoisotopic (exact) mass is 470 g/mol. The van der Waals surface area contributed by atoms with Crippen molar-refractivity contribution in [3.63, 3.8) is 0 Å². The normalized spacial score (nSPS) is 14.4. The van der Waals surface area contributed by atoms with Gasteiger partial charge in [-0.05, 0) is 19.1 Å². The number of halogens is 2. The Morgan fingerprint density at radius 1 is 1.00 bits per heavy atom. The number of anilines is 1. The molecule has 0 spiro atoms. The Bertz CT molecular complexity index is 1260. The molecule has 1 saturated heterocycles. The van der Waals surface area contributed by atoms with Crippen molar-refractivity contribution in [2.75, 3.05) is 31.1 Å². The maximum absolute atomic E-state index is 13.2. The van der Waals surface area contributed by atoms with Gasteiger partial charge in [0.05, 0.1) is 21.4 Å². The highest BCUT2D eigenvalue weighted by Crippen LogP contribution is 2.33. The molecule has 4 aromatic rings. The van der Waals surface area contributed by atoms with Crippen molar-refractivity contribution in [1.82, 2.24) is 14.3 Å². The number of hydrogen-bond acceptors (Lipinski definition) is 4. The molecule has 0 N–H and O–H groups in total. The van der Waals surface area contributed by atoms with Crippen molar-refractivity contribution in [2.24, 2.45) is 0 Å². The Kier molecular flexibility index (Phi) is 5.38. The van der Waals surface area contributed by atoms with E-state index in [4.69, 9.17) is 28.2 Å². The fourth-order valence-electron chi connectivity index (χ4n) is 3.93. The molecule has 2 aromatic heterocycles. The van der Waals surface area contributed by atoms with Gasteiger partial charge < -0.3 is 9.80 Å². The molecule has 0 bridgehead atoms. The second kappa shape index (κ2) is 8.19. The number of aromatic nitrogens is 2. The van der Waals surface area contributed by atoms with Gasteiger partial charge in [-0.25, -0.2) is 4.98 Å². The van der Waals surface area contributed by atoms with Crippen LogP contribution in [0.5, 0.6) is 0 Å². The van der Waals surface area contributed by atoms with Crippen LogP contribution in [0.1, 0.15) is 15.4 Å². The van der Waals surface area contributed by atoms with Crippen LogP contribution in [0.15, 0.2) is 54.7 Å². The molecular formula is C23H20Cl2N4OS. The lowest BCUT2D eigenvalue weighted by Crippen LogP contribution is -2.48. The molecule has 1 aliphatic heterocycles. The molecule has 3 heterocycles. The van der Waals surface area contributed by atoms with Gasteiger partial charge in [0.25, 0.3) is 5.91 Å². The maximum atomic E-state index is 13.2. The van der Waals surface area contributed by atoms with Gasteiger partial charge in [-0.15, -0.1) is 0 Å². The molecule has 1 fully saturated rings. The first-order valence-electron chi connectivity index (χ1n) is 10.0. The van der Waals surface area contributed by atoms with Gasteiger partial charge in [-0.3, -0.25) is 9.20 Å². The number of nitrogens with zero attached hydrogens (tertiary/aromatic N) is 4. The summed E-state index contributed by atoms with van der Waals surface area (Å²) < 4.78 is 2.02. The first-order valence-corrected chi connectivity index (χ1v) is 11.6. The zero-order valence-electron chi connectivity index (χ0n) is 16.9. The summed E-state index contributed by atoms with van der Waals surface area (Å²) in [5.41, 5.74) is 3.84. The molecule has 1 aliphatic rings. The largest absolute Gasteiger partial charge is 0.367 e. The summed E-state index contributed by atoms with van der Waals surface area (Å²) in [4.78, 5) is 23.6. The van der Waals surface area contributed by atoms with Gasteiger partial charge >= 0.3 is 0 Å². The van der Waals surface area contributed by atoms with Crippen molar-refractivity contribution < 1.29 is 4.79 Å². The van der Waals surface area contributed by atoms with Crippen LogP contribution in [-0.2, 0) is 0 Å². The lowest BCUT2D eigenvalue weighted by molar-refractivity contribution is 0.0750. The molecule has 0 radical (unpaired) electrons. The van der Waals surface area contributed by atoms with Crippen LogP contribution >= 0.6 is 34.5 Å². The van der Waals surface area contributed by atoms with E-state index in [0.29, 0.717) is 36.2 Å². The summed E-state index contributed by atoms with van der Waals surface area (Å²) in [6.07, 6.45) is 2.01. The molecule has 1 amide bonds. The molecule has 8 heteroatoms. The van der Waals surface area contributed by atoms with Crippen LogP contribution in [0, 0.1) is 6.92 Å². The van der Waals surface area contributed by atoms with Crippen LogP contribution in [0.25, 0.3) is 16.2 Å². The SMILES string of the molecule is Cc1c(C(=O)N2CCN(c3cccc(Cl)c3Cl)CC2)sc2nc(-c3ccccc3)cn12. The van der Waals surface area contributed by atoms with E-state index >= 15 is 0 Å². The Morgan fingerprint density at radius 3 is 2.45 bits per heavy atom. The van der Waals surface area contributed by atoms with E-state index in [0.717, 1.165) is 32.5 Å². The third-order valence-corrected chi connectivity index (χ3v) is 7.61. The quantitative estimate of drug-likeness (QED) is 0.388. The summed E-state index contributed by atoms with van der Waals surface area (Å²) in [5, 5.41) is 1.11. The smallest absolute Gasteiger partial charge is 0.265 e. The number of fused-ring (bicyclic) bond motifs is 1. The number of thiazole rings is 1. The van der Waals surface area contributed by atoms with Crippen LogP contribution < -0.4 is 4.90 Å². The van der Waals surface area contributed by atoms with Crippen LogP contribution in [0.4, 0.5) is 5.69 Å². The highest BCUT2D eigenvalue weighted by Gasteiger charge is 2.27. The Morgan fingerprint density at radius 2 is 1.74 bits per heavy atom. The van der Waals surface area contributed by atoms with Gasteiger partial charge in [0.2, 0.25) is 0 Å². The first kappa shape index (κ1) is 20.4. The molecule has 2 aromatic carbocycles. The third-order valence-electron chi connectivity index (χ3n) is 5.66. The molecule has 0 aliphatic carbocycles. The van der Waals surface area contributed by atoms with Crippen molar-refractivity contribution in [3.8, 4) is 11.3 Å². The zero-order chi connectivity index (χ0) is 21.5. The maximum Gasteiger partial charge on any atom is 0.265 e. The van der Waals surface area contributed by atoms with Crippen molar-refractivity contribution in [1.29, 1.82) is 0 Å². The van der Waals surface area contributed by atoms with E-state index < -0.39 is 0 Å². The van der Waals surface area contributed by atoms with E-state index in [2.05, 4.69) is 4.90 Å². The van der Waals surface area contributed by atoms with Crippen LogP contribution in [-0.4, -0.2) is 46.4 Å². The number of aryl methyl sites for hydroxylation is 1. The zero-order valence-corrected chi connectivity index (χ0v) is 19.2. The summed E-state index contributed by atoms with van der Waals surface area (Å²) in [6, 6.07) is 15.7. The number of amides is 1. The van der Waals surface area contributed by atoms with Gasteiger partial charge in [-0.1, -0.05) is 70.9 Å². The standard InChI is InChI=1S/C23H20Cl2N4OS/c1-15-21(31-23-26-18(14-29(15)23)16-6-3-2-4-7-16)22(30)28-12-10-27(11-13-28)19-9-5-8-17(24)20(19)25/h2-9,14H,10-13H2,1H3. The molecule has 0 unspecified atom stereocenters. The topological polar surface area (TPSA) is 40.9 Å². The van der Waals surface area contributed by atoms with E-state index in [1.165, 1.54) is 11.3 Å². The van der Waals surface area contributed by atoms with Crippen molar-refractivity contribution in [2.45, 2.75) is 6.92 Å². The molecular weight excluding hydrogens is 451 g/mol. The summed E-state index contributed by atoms with van der Waals surface area (Å²) >= 11 is 14.0. The van der Waals surface area contributed by atoms with E-state index in [1.807, 2.05) is 64.9 Å². The minimum Gasteiger partial charge on any atom is -0.367 e. The number of imidazole rings is 1. The minimum absolute atomic E-state index is 0.0612. The van der Waals surface area contributed by atoms with Crippen LogP contribution in [0.3, 0.4) is 0 Å². The summed E-state index contributed by atoms with van der Waals surface area (Å²) in [6.45, 7) is 4.68. The molecule has 0 atom stereocenters. The highest BCUT2D eigenvalue weighted by molar-refractivity contribution is 7.19. The lowest BCUT2D eigenvalue weighted by Gasteiger charge is -2.36. The second-order valence-corrected chi connectivity index (χ2v) is 9.28. The Labute approximate surface area is 194 Å². The minimum atomic E-state index is 0.0612. The van der Waals surface area contributed by atoms with E-state index in [1.54, 1.807) is 6.07 Å². The average molecular weight is 471 g/mol. The molecule has 158 valence electrons. The van der Waals surface area contributed by atoms with Crippen molar-refractivity contribution >= 4 is 51.1 Å². The average Bonchev–Trinajstić information content (AvgIpc) is 3.35. The van der Waals surface area contributed by atoms with Gasteiger partial charge in [-0.2, -0.15) is 0 Å².